The van der Waals surface area contributed by atoms with E-state index < -0.39 is 22.5 Å². The molecule has 1 aliphatic heterocycles. The molecule has 0 spiro atoms. The number of nitrogens with zero attached hydrogens (tertiary/aromatic N) is 1. The summed E-state index contributed by atoms with van der Waals surface area (Å²) < 4.78 is 56.0. The van der Waals surface area contributed by atoms with Crippen LogP contribution < -0.4 is 10.1 Å². The second-order valence-corrected chi connectivity index (χ2v) is 8.64. The number of carbonyl (C=O) groups excluding carboxylic acids is 1. The molecule has 0 unspecified atom stereocenters. The van der Waals surface area contributed by atoms with Crippen LogP contribution in [0.15, 0.2) is 53.4 Å². The normalized spacial score (nSPS) is 15.7. The lowest BCUT2D eigenvalue weighted by atomic mass is 10.2. The maximum absolute atomic E-state index is 12.9. The molecule has 1 heterocycles. The van der Waals surface area contributed by atoms with Gasteiger partial charge in [-0.05, 0) is 55.3 Å². The fourth-order valence-electron chi connectivity index (χ4n) is 3.16. The van der Waals surface area contributed by atoms with Gasteiger partial charge in [-0.1, -0.05) is 18.9 Å². The number of benzene rings is 2. The molecule has 29 heavy (non-hydrogen) atoms. The van der Waals surface area contributed by atoms with Gasteiger partial charge in [0.2, 0.25) is 10.0 Å². The summed E-state index contributed by atoms with van der Waals surface area (Å²) >= 11 is 0. The second-order valence-electron chi connectivity index (χ2n) is 6.70. The van der Waals surface area contributed by atoms with Crippen molar-refractivity contribution < 1.29 is 26.7 Å². The fourth-order valence-corrected chi connectivity index (χ4v) is 4.72. The van der Waals surface area contributed by atoms with Crippen molar-refractivity contribution in [2.24, 2.45) is 0 Å². The van der Waals surface area contributed by atoms with E-state index in [9.17, 15) is 22.0 Å². The molecule has 2 aromatic rings. The van der Waals surface area contributed by atoms with Crippen molar-refractivity contribution in [1.29, 1.82) is 0 Å². The Kier molecular flexibility index (Phi) is 6.81. The molecule has 0 atom stereocenters. The van der Waals surface area contributed by atoms with Gasteiger partial charge in [-0.2, -0.15) is 13.1 Å². The monoisotopic (exact) mass is 424 g/mol. The molecule has 0 aliphatic carbocycles. The Hall–Kier alpha value is -2.52. The van der Waals surface area contributed by atoms with E-state index in [1.54, 1.807) is 12.1 Å². The number of rotatable bonds is 6. The van der Waals surface area contributed by atoms with Crippen molar-refractivity contribution in [3.05, 3.63) is 54.1 Å². The number of amides is 1. The molecule has 1 amide bonds. The Morgan fingerprint density at radius 3 is 2.28 bits per heavy atom. The standard InChI is InChI=1S/C20H22F2N2O4S/c21-20(22)28-17-10-8-15(9-11-17)19(25)23-16-6-5-7-18(14-16)29(26,27)24-12-3-1-2-4-13-24/h5-11,14,20H,1-4,12-13H2,(H,23,25). The zero-order valence-electron chi connectivity index (χ0n) is 15.7. The van der Waals surface area contributed by atoms with Gasteiger partial charge in [-0.25, -0.2) is 8.42 Å². The highest BCUT2D eigenvalue weighted by Gasteiger charge is 2.25. The molecule has 1 saturated heterocycles. The second kappa shape index (κ2) is 9.32. The minimum absolute atomic E-state index is 0.0536. The number of anilines is 1. The van der Waals surface area contributed by atoms with Crippen LogP contribution in [0.1, 0.15) is 36.0 Å². The molecule has 0 saturated carbocycles. The third kappa shape index (κ3) is 5.51. The van der Waals surface area contributed by atoms with Crippen LogP contribution in [0.3, 0.4) is 0 Å². The highest BCUT2D eigenvalue weighted by atomic mass is 32.2. The molecule has 0 bridgehead atoms. The first-order valence-corrected chi connectivity index (χ1v) is 10.8. The average Bonchev–Trinajstić information content (AvgIpc) is 2.98. The van der Waals surface area contributed by atoms with Crippen LogP contribution in [0.5, 0.6) is 5.75 Å². The number of alkyl halides is 2. The van der Waals surface area contributed by atoms with E-state index in [0.29, 0.717) is 18.8 Å². The third-order valence-corrected chi connectivity index (χ3v) is 6.53. The summed E-state index contributed by atoms with van der Waals surface area (Å²) in [6.45, 7) is -1.96. The van der Waals surface area contributed by atoms with Gasteiger partial charge in [0.25, 0.3) is 5.91 Å². The van der Waals surface area contributed by atoms with Crippen LogP contribution >= 0.6 is 0 Å². The Balaban J connectivity index is 1.73. The highest BCUT2D eigenvalue weighted by molar-refractivity contribution is 7.89. The molecule has 0 aromatic heterocycles. The van der Waals surface area contributed by atoms with Gasteiger partial charge in [0.1, 0.15) is 5.75 Å². The summed E-state index contributed by atoms with van der Waals surface area (Å²) in [6, 6.07) is 11.3. The quantitative estimate of drug-likeness (QED) is 0.757. The van der Waals surface area contributed by atoms with Gasteiger partial charge < -0.3 is 10.1 Å². The molecule has 9 heteroatoms. The summed E-state index contributed by atoms with van der Waals surface area (Å²) in [6.07, 6.45) is 3.70. The highest BCUT2D eigenvalue weighted by Crippen LogP contribution is 2.23. The van der Waals surface area contributed by atoms with Gasteiger partial charge in [0.05, 0.1) is 4.90 Å². The topological polar surface area (TPSA) is 75.7 Å². The maximum Gasteiger partial charge on any atom is 0.387 e. The predicted molar refractivity (Wildman–Crippen MR) is 105 cm³/mol. The van der Waals surface area contributed by atoms with Crippen LogP contribution in [-0.4, -0.2) is 38.3 Å². The van der Waals surface area contributed by atoms with E-state index in [4.69, 9.17) is 0 Å². The molecule has 2 aromatic carbocycles. The number of carbonyl (C=O) groups is 1. The lowest BCUT2D eigenvalue weighted by Crippen LogP contribution is -2.32. The number of halogens is 2. The Bertz CT molecular complexity index is 941. The van der Waals surface area contributed by atoms with Crippen molar-refractivity contribution in [1.82, 2.24) is 4.31 Å². The molecule has 1 N–H and O–H groups in total. The molecule has 3 rings (SSSR count). The van der Waals surface area contributed by atoms with Gasteiger partial charge in [0.15, 0.2) is 0 Å². The zero-order valence-corrected chi connectivity index (χ0v) is 16.5. The summed E-state index contributed by atoms with van der Waals surface area (Å²) in [5.41, 5.74) is 0.561. The van der Waals surface area contributed by atoms with E-state index >= 15 is 0 Å². The van der Waals surface area contributed by atoms with Gasteiger partial charge in [-0.3, -0.25) is 4.79 Å². The summed E-state index contributed by atoms with van der Waals surface area (Å²) in [4.78, 5) is 12.5. The van der Waals surface area contributed by atoms with Crippen molar-refractivity contribution in [3.63, 3.8) is 0 Å². The number of ether oxygens (including phenoxy) is 1. The minimum Gasteiger partial charge on any atom is -0.435 e. The summed E-state index contributed by atoms with van der Waals surface area (Å²) in [7, 11) is -3.63. The fraction of sp³-hybridized carbons (Fsp3) is 0.350. The molecular formula is C20H22F2N2O4S. The van der Waals surface area contributed by atoms with Gasteiger partial charge >= 0.3 is 6.61 Å². The largest absolute Gasteiger partial charge is 0.435 e. The Labute approximate surface area is 168 Å². The van der Waals surface area contributed by atoms with Crippen LogP contribution in [-0.2, 0) is 10.0 Å². The molecule has 0 radical (unpaired) electrons. The molecule has 1 fully saturated rings. The van der Waals surface area contributed by atoms with Crippen LogP contribution in [0.4, 0.5) is 14.5 Å². The minimum atomic E-state index is -3.63. The van der Waals surface area contributed by atoms with Crippen LogP contribution in [0.25, 0.3) is 0 Å². The molecule has 6 nitrogen and oxygen atoms in total. The number of hydrogen-bond donors (Lipinski definition) is 1. The first kappa shape index (κ1) is 21.2. The third-order valence-electron chi connectivity index (χ3n) is 4.64. The van der Waals surface area contributed by atoms with Crippen molar-refractivity contribution in [3.8, 4) is 5.75 Å². The summed E-state index contributed by atoms with van der Waals surface area (Å²) in [5, 5.41) is 2.64. The number of hydrogen-bond acceptors (Lipinski definition) is 4. The van der Waals surface area contributed by atoms with E-state index in [1.165, 1.54) is 40.7 Å². The van der Waals surface area contributed by atoms with E-state index in [0.717, 1.165) is 25.7 Å². The zero-order chi connectivity index (χ0) is 20.9. The van der Waals surface area contributed by atoms with Crippen molar-refractivity contribution in [2.75, 3.05) is 18.4 Å². The summed E-state index contributed by atoms with van der Waals surface area (Å²) in [5.74, 6) is -0.542. The smallest absolute Gasteiger partial charge is 0.387 e. The first-order valence-electron chi connectivity index (χ1n) is 9.33. The SMILES string of the molecule is O=C(Nc1cccc(S(=O)(=O)N2CCCCCC2)c1)c1ccc(OC(F)F)cc1. The van der Waals surface area contributed by atoms with E-state index in [1.807, 2.05) is 0 Å². The maximum atomic E-state index is 12.9. The van der Waals surface area contributed by atoms with Crippen molar-refractivity contribution in [2.45, 2.75) is 37.2 Å². The van der Waals surface area contributed by atoms with E-state index in [2.05, 4.69) is 10.1 Å². The lowest BCUT2D eigenvalue weighted by Gasteiger charge is -2.20. The molecule has 1 aliphatic rings. The molecular weight excluding hydrogens is 402 g/mol. The number of sulfonamides is 1. The van der Waals surface area contributed by atoms with Crippen LogP contribution in [0, 0.1) is 0 Å². The number of nitrogens with one attached hydrogen (secondary N) is 1. The van der Waals surface area contributed by atoms with Gasteiger partial charge in [-0.15, -0.1) is 0 Å². The predicted octanol–water partition coefficient (Wildman–Crippen LogP) is 4.11. The average molecular weight is 424 g/mol. The molecule has 156 valence electrons. The van der Waals surface area contributed by atoms with E-state index in [-0.39, 0.29) is 16.2 Å². The van der Waals surface area contributed by atoms with Crippen LogP contribution in [0.2, 0.25) is 0 Å². The first-order chi connectivity index (χ1) is 13.9. The Morgan fingerprint density at radius 1 is 1.00 bits per heavy atom. The lowest BCUT2D eigenvalue weighted by molar-refractivity contribution is -0.0498. The van der Waals surface area contributed by atoms with Gasteiger partial charge in [0, 0.05) is 24.3 Å². The Morgan fingerprint density at radius 2 is 1.66 bits per heavy atom. The van der Waals surface area contributed by atoms with Crippen molar-refractivity contribution >= 4 is 21.6 Å².